The zero-order chi connectivity index (χ0) is 21.9. The number of hydrogen-bond donors (Lipinski definition) is 0. The predicted molar refractivity (Wildman–Crippen MR) is 121 cm³/mol. The highest BCUT2D eigenvalue weighted by Gasteiger charge is 2.35. The fourth-order valence-corrected chi connectivity index (χ4v) is 4.49. The highest BCUT2D eigenvalue weighted by atomic mass is 16.2. The Morgan fingerprint density at radius 1 is 0.967 bits per heavy atom. The van der Waals surface area contributed by atoms with E-state index < -0.39 is 0 Å². The van der Waals surface area contributed by atoms with Crippen LogP contribution in [0.25, 0.3) is 0 Å². The summed E-state index contributed by atoms with van der Waals surface area (Å²) in [5.74, 6) is 0.916. The van der Waals surface area contributed by atoms with Gasteiger partial charge in [-0.2, -0.15) is 0 Å². The summed E-state index contributed by atoms with van der Waals surface area (Å²) in [6, 6.07) is 8.92. The van der Waals surface area contributed by atoms with Crippen molar-refractivity contribution in [2.75, 3.05) is 39.3 Å². The van der Waals surface area contributed by atoms with E-state index in [4.69, 9.17) is 0 Å². The van der Waals surface area contributed by atoms with Crippen molar-refractivity contribution in [2.24, 2.45) is 11.3 Å². The van der Waals surface area contributed by atoms with Crippen molar-refractivity contribution in [3.63, 3.8) is 0 Å². The molecule has 0 aliphatic carbocycles. The van der Waals surface area contributed by atoms with Crippen molar-refractivity contribution in [3.8, 4) is 0 Å². The normalized spacial score (nSPS) is 21.2. The zero-order valence-corrected chi connectivity index (χ0v) is 19.5. The van der Waals surface area contributed by atoms with Gasteiger partial charge < -0.3 is 9.80 Å². The van der Waals surface area contributed by atoms with E-state index in [0.717, 1.165) is 52.1 Å². The summed E-state index contributed by atoms with van der Waals surface area (Å²) in [7, 11) is 0. The topological polar surface area (TPSA) is 43.9 Å². The summed E-state index contributed by atoms with van der Waals surface area (Å²) in [6.45, 7) is 16.0. The van der Waals surface area contributed by atoms with Gasteiger partial charge in [0, 0.05) is 51.2 Å². The number of hydrogen-bond acceptors (Lipinski definition) is 3. The van der Waals surface area contributed by atoms with E-state index in [1.807, 2.05) is 30.6 Å². The number of carbonyl (C=O) groups is 2. The molecule has 1 aromatic carbocycles. The number of benzene rings is 1. The second-order valence-electron chi connectivity index (χ2n) is 10.3. The van der Waals surface area contributed by atoms with Crippen LogP contribution in [0.1, 0.15) is 64.5 Å². The molecule has 2 amide bonds. The summed E-state index contributed by atoms with van der Waals surface area (Å²) >= 11 is 0. The molecule has 0 spiro atoms. The van der Waals surface area contributed by atoms with Gasteiger partial charge >= 0.3 is 0 Å². The fourth-order valence-electron chi connectivity index (χ4n) is 4.49. The lowest BCUT2D eigenvalue weighted by molar-refractivity contribution is -0.146. The average molecular weight is 414 g/mol. The SMILES string of the molecule is CC(C)c1ccc(CN2CCN(C(=O)C3CCCN(C(=O)C(C)(C)C)C3)CC2)cc1. The largest absolute Gasteiger partial charge is 0.341 e. The van der Waals surface area contributed by atoms with Gasteiger partial charge in [-0.3, -0.25) is 14.5 Å². The van der Waals surface area contributed by atoms with Crippen LogP contribution in [-0.4, -0.2) is 65.8 Å². The van der Waals surface area contributed by atoms with Crippen molar-refractivity contribution >= 4 is 11.8 Å². The summed E-state index contributed by atoms with van der Waals surface area (Å²) < 4.78 is 0. The molecule has 2 fully saturated rings. The maximum absolute atomic E-state index is 13.1. The van der Waals surface area contributed by atoms with Crippen molar-refractivity contribution in [3.05, 3.63) is 35.4 Å². The Labute approximate surface area is 182 Å². The molecule has 0 saturated carbocycles. The number of piperazine rings is 1. The minimum Gasteiger partial charge on any atom is -0.341 e. The van der Waals surface area contributed by atoms with Gasteiger partial charge in [-0.25, -0.2) is 0 Å². The smallest absolute Gasteiger partial charge is 0.227 e. The Hall–Kier alpha value is -1.88. The van der Waals surface area contributed by atoms with E-state index in [0.29, 0.717) is 12.5 Å². The van der Waals surface area contributed by atoms with Crippen molar-refractivity contribution in [2.45, 2.75) is 59.9 Å². The highest BCUT2D eigenvalue weighted by Crippen LogP contribution is 2.25. The molecule has 1 unspecified atom stereocenters. The maximum atomic E-state index is 13.1. The fraction of sp³-hybridized carbons (Fsp3) is 0.680. The standard InChI is InChI=1S/C25H39N3O2/c1-19(2)21-10-8-20(9-11-21)17-26-13-15-27(16-14-26)23(29)22-7-6-12-28(18-22)24(30)25(3,4)5/h8-11,19,22H,6-7,12-18H2,1-5H3. The highest BCUT2D eigenvalue weighted by molar-refractivity contribution is 5.84. The molecular weight excluding hydrogens is 374 g/mol. The number of likely N-dealkylation sites (tertiary alicyclic amines) is 1. The van der Waals surface area contributed by atoms with Crippen LogP contribution in [0.4, 0.5) is 0 Å². The number of nitrogens with zero attached hydrogens (tertiary/aromatic N) is 3. The second kappa shape index (κ2) is 9.51. The lowest BCUT2D eigenvalue weighted by Crippen LogP contribution is -2.53. The molecule has 1 aromatic rings. The average Bonchev–Trinajstić information content (AvgIpc) is 2.73. The molecule has 2 heterocycles. The zero-order valence-electron chi connectivity index (χ0n) is 19.5. The van der Waals surface area contributed by atoms with Gasteiger partial charge in [-0.15, -0.1) is 0 Å². The van der Waals surface area contributed by atoms with E-state index in [9.17, 15) is 9.59 Å². The third kappa shape index (κ3) is 5.63. The summed E-state index contributed by atoms with van der Waals surface area (Å²) in [4.78, 5) is 32.1. The number of piperidine rings is 1. The van der Waals surface area contributed by atoms with Gasteiger partial charge in [0.05, 0.1) is 5.92 Å². The van der Waals surface area contributed by atoms with Crippen molar-refractivity contribution in [1.82, 2.24) is 14.7 Å². The molecule has 2 aliphatic heterocycles. The predicted octanol–water partition coefficient (Wildman–Crippen LogP) is 3.74. The monoisotopic (exact) mass is 413 g/mol. The van der Waals surface area contributed by atoms with Gasteiger partial charge in [-0.1, -0.05) is 58.9 Å². The third-order valence-electron chi connectivity index (χ3n) is 6.44. The third-order valence-corrected chi connectivity index (χ3v) is 6.44. The van der Waals surface area contributed by atoms with Gasteiger partial charge in [-0.05, 0) is 29.9 Å². The van der Waals surface area contributed by atoms with Crippen LogP contribution in [0.3, 0.4) is 0 Å². The van der Waals surface area contributed by atoms with Crippen LogP contribution < -0.4 is 0 Å². The number of carbonyl (C=O) groups excluding carboxylic acids is 2. The molecule has 0 radical (unpaired) electrons. The summed E-state index contributed by atoms with van der Waals surface area (Å²) in [5, 5.41) is 0. The molecular formula is C25H39N3O2. The molecule has 3 rings (SSSR count). The lowest BCUT2D eigenvalue weighted by atomic mass is 9.90. The molecule has 5 heteroatoms. The maximum Gasteiger partial charge on any atom is 0.227 e. The molecule has 0 aromatic heterocycles. The summed E-state index contributed by atoms with van der Waals surface area (Å²) in [5.41, 5.74) is 2.33. The van der Waals surface area contributed by atoms with E-state index in [1.54, 1.807) is 0 Å². The molecule has 166 valence electrons. The number of rotatable bonds is 4. The minimum atomic E-state index is -0.385. The molecule has 5 nitrogen and oxygen atoms in total. The Morgan fingerprint density at radius 2 is 1.60 bits per heavy atom. The van der Waals surface area contributed by atoms with Crippen LogP contribution in [0, 0.1) is 11.3 Å². The van der Waals surface area contributed by atoms with Crippen molar-refractivity contribution in [1.29, 1.82) is 0 Å². The van der Waals surface area contributed by atoms with Crippen LogP contribution >= 0.6 is 0 Å². The quantitative estimate of drug-likeness (QED) is 0.755. The molecule has 0 N–H and O–H groups in total. The first-order valence-electron chi connectivity index (χ1n) is 11.5. The molecule has 1 atom stereocenters. The Morgan fingerprint density at radius 3 is 2.17 bits per heavy atom. The first-order chi connectivity index (χ1) is 14.1. The van der Waals surface area contributed by atoms with Crippen LogP contribution in [0.15, 0.2) is 24.3 Å². The molecule has 2 aliphatic rings. The lowest BCUT2D eigenvalue weighted by Gasteiger charge is -2.40. The first-order valence-corrected chi connectivity index (χ1v) is 11.5. The van der Waals surface area contributed by atoms with Gasteiger partial charge in [0.1, 0.15) is 0 Å². The minimum absolute atomic E-state index is 0.0415. The van der Waals surface area contributed by atoms with Crippen LogP contribution in [-0.2, 0) is 16.1 Å². The number of amides is 2. The first kappa shape index (κ1) is 22.8. The van der Waals surface area contributed by atoms with Crippen molar-refractivity contribution < 1.29 is 9.59 Å². The Balaban J connectivity index is 1.49. The van der Waals surface area contributed by atoms with Crippen LogP contribution in [0.2, 0.25) is 0 Å². The molecule has 2 saturated heterocycles. The van der Waals surface area contributed by atoms with E-state index in [1.165, 1.54) is 11.1 Å². The Bertz CT molecular complexity index is 728. The van der Waals surface area contributed by atoms with Crippen LogP contribution in [0.5, 0.6) is 0 Å². The van der Waals surface area contributed by atoms with E-state index in [-0.39, 0.29) is 23.1 Å². The van der Waals surface area contributed by atoms with Gasteiger partial charge in [0.15, 0.2) is 0 Å². The van der Waals surface area contributed by atoms with Gasteiger partial charge in [0.25, 0.3) is 0 Å². The Kier molecular flexibility index (Phi) is 7.22. The molecule has 0 bridgehead atoms. The van der Waals surface area contributed by atoms with E-state index in [2.05, 4.69) is 43.0 Å². The van der Waals surface area contributed by atoms with Gasteiger partial charge in [0.2, 0.25) is 11.8 Å². The van der Waals surface area contributed by atoms with E-state index >= 15 is 0 Å². The molecule has 30 heavy (non-hydrogen) atoms. The summed E-state index contributed by atoms with van der Waals surface area (Å²) in [6.07, 6.45) is 1.82. The second-order valence-corrected chi connectivity index (χ2v) is 10.3.